The third kappa shape index (κ3) is 4.02. The molecule has 0 radical (unpaired) electrons. The lowest BCUT2D eigenvalue weighted by Gasteiger charge is -2.36. The van der Waals surface area contributed by atoms with Crippen molar-refractivity contribution in [3.63, 3.8) is 0 Å². The summed E-state index contributed by atoms with van der Waals surface area (Å²) in [5.41, 5.74) is 1.78. The lowest BCUT2D eigenvalue weighted by Crippen LogP contribution is -2.53. The summed E-state index contributed by atoms with van der Waals surface area (Å²) in [5, 5.41) is 2.87. The van der Waals surface area contributed by atoms with Crippen molar-refractivity contribution in [2.75, 3.05) is 26.2 Å². The number of amides is 2. The highest BCUT2D eigenvalue weighted by Crippen LogP contribution is 2.40. The average molecular weight is 319 g/mol. The number of hydrogen-bond acceptors (Lipinski definition) is 2. The smallest absolute Gasteiger partial charge is 0.317 e. The monoisotopic (exact) mass is 319 g/mol. The molecule has 1 N–H and O–H groups in total. The number of halogens is 1. The van der Waals surface area contributed by atoms with E-state index in [4.69, 9.17) is 0 Å². The Labute approximate surface area is 137 Å². The number of carbonyl (C=O) groups is 1. The van der Waals surface area contributed by atoms with Gasteiger partial charge in [0.15, 0.2) is 0 Å². The van der Waals surface area contributed by atoms with Crippen LogP contribution in [0.1, 0.15) is 43.7 Å². The molecular formula is C18H26FN3O. The molecule has 0 atom stereocenters. The predicted octanol–water partition coefficient (Wildman–Crippen LogP) is 2.94. The highest BCUT2D eigenvalue weighted by Gasteiger charge is 2.25. The summed E-state index contributed by atoms with van der Waals surface area (Å²) in [5.74, 6) is 0.355. The Kier molecular flexibility index (Phi) is 4.85. The summed E-state index contributed by atoms with van der Waals surface area (Å²) in [7, 11) is 0. The minimum atomic E-state index is -0.237. The standard InChI is InChI=1S/C18H26FN3O/c1-13(2)21-7-9-22(10-8-21)18(23)20-12-16-11-15(14-3-4-14)5-6-17(16)19/h5-6,11,13-14H,3-4,7-10,12H2,1-2H3,(H,20,23). The van der Waals surface area contributed by atoms with Gasteiger partial charge in [-0.1, -0.05) is 12.1 Å². The molecule has 1 aromatic rings. The van der Waals surface area contributed by atoms with Crippen LogP contribution in [0.15, 0.2) is 18.2 Å². The lowest BCUT2D eigenvalue weighted by molar-refractivity contribution is 0.119. The van der Waals surface area contributed by atoms with Gasteiger partial charge >= 0.3 is 6.03 Å². The first kappa shape index (κ1) is 16.2. The summed E-state index contributed by atoms with van der Waals surface area (Å²) in [6, 6.07) is 5.72. The number of benzene rings is 1. The fourth-order valence-electron chi connectivity index (χ4n) is 3.12. The van der Waals surface area contributed by atoms with Crippen LogP contribution in [0.25, 0.3) is 0 Å². The van der Waals surface area contributed by atoms with Crippen molar-refractivity contribution >= 4 is 6.03 Å². The number of hydrogen-bond donors (Lipinski definition) is 1. The zero-order valence-electron chi connectivity index (χ0n) is 14.0. The number of piperazine rings is 1. The molecular weight excluding hydrogens is 293 g/mol. The summed E-state index contributed by atoms with van der Waals surface area (Å²) in [6.45, 7) is 7.86. The number of carbonyl (C=O) groups excluding carboxylic acids is 1. The Morgan fingerprint density at radius 1 is 1.26 bits per heavy atom. The van der Waals surface area contributed by atoms with Crippen molar-refractivity contribution in [3.8, 4) is 0 Å². The second-order valence-electron chi connectivity index (χ2n) is 6.90. The van der Waals surface area contributed by atoms with Crippen LogP contribution in [0.2, 0.25) is 0 Å². The van der Waals surface area contributed by atoms with Crippen molar-refractivity contribution in [2.45, 2.75) is 45.2 Å². The Balaban J connectivity index is 1.52. The first-order chi connectivity index (χ1) is 11.0. The zero-order chi connectivity index (χ0) is 16.4. The van der Waals surface area contributed by atoms with E-state index < -0.39 is 0 Å². The first-order valence-electron chi connectivity index (χ1n) is 8.59. The number of urea groups is 1. The Morgan fingerprint density at radius 3 is 2.57 bits per heavy atom. The summed E-state index contributed by atoms with van der Waals surface area (Å²) in [6.07, 6.45) is 2.38. The molecule has 1 heterocycles. The molecule has 1 aromatic carbocycles. The summed E-state index contributed by atoms with van der Waals surface area (Å²) >= 11 is 0. The van der Waals surface area contributed by atoms with E-state index in [1.807, 2.05) is 17.0 Å². The van der Waals surface area contributed by atoms with Crippen LogP contribution >= 0.6 is 0 Å². The molecule has 3 rings (SSSR count). The maximum absolute atomic E-state index is 13.9. The van der Waals surface area contributed by atoms with Gasteiger partial charge in [0.2, 0.25) is 0 Å². The molecule has 23 heavy (non-hydrogen) atoms. The molecule has 4 nitrogen and oxygen atoms in total. The van der Waals surface area contributed by atoms with E-state index in [2.05, 4.69) is 24.1 Å². The van der Waals surface area contributed by atoms with Crippen LogP contribution in [-0.4, -0.2) is 48.1 Å². The number of nitrogens with zero attached hydrogens (tertiary/aromatic N) is 2. The molecule has 0 unspecified atom stereocenters. The second kappa shape index (κ2) is 6.87. The predicted molar refractivity (Wildman–Crippen MR) is 88.9 cm³/mol. The molecule has 1 aliphatic carbocycles. The van der Waals surface area contributed by atoms with E-state index in [1.54, 1.807) is 0 Å². The van der Waals surface area contributed by atoms with Gasteiger partial charge in [-0.05, 0) is 44.2 Å². The van der Waals surface area contributed by atoms with E-state index >= 15 is 0 Å². The summed E-state index contributed by atoms with van der Waals surface area (Å²) < 4.78 is 13.9. The maximum Gasteiger partial charge on any atom is 0.317 e. The van der Waals surface area contributed by atoms with Gasteiger partial charge in [-0.2, -0.15) is 0 Å². The first-order valence-corrected chi connectivity index (χ1v) is 8.59. The largest absolute Gasteiger partial charge is 0.334 e. The molecule has 0 aromatic heterocycles. The quantitative estimate of drug-likeness (QED) is 0.926. The Bertz CT molecular complexity index is 563. The molecule has 126 valence electrons. The Morgan fingerprint density at radius 2 is 1.96 bits per heavy atom. The van der Waals surface area contributed by atoms with Crippen molar-refractivity contribution in [1.82, 2.24) is 15.1 Å². The van der Waals surface area contributed by atoms with Gasteiger partial charge < -0.3 is 10.2 Å². The molecule has 2 aliphatic rings. The van der Waals surface area contributed by atoms with Gasteiger partial charge in [0.25, 0.3) is 0 Å². The highest BCUT2D eigenvalue weighted by atomic mass is 19.1. The minimum Gasteiger partial charge on any atom is -0.334 e. The average Bonchev–Trinajstić information content (AvgIpc) is 3.39. The van der Waals surface area contributed by atoms with Gasteiger partial charge in [-0.3, -0.25) is 4.90 Å². The Hall–Kier alpha value is -1.62. The highest BCUT2D eigenvalue weighted by molar-refractivity contribution is 5.74. The normalized spacial score (nSPS) is 19.2. The molecule has 5 heteroatoms. The fraction of sp³-hybridized carbons (Fsp3) is 0.611. The van der Waals surface area contributed by atoms with Gasteiger partial charge in [0.1, 0.15) is 5.82 Å². The van der Waals surface area contributed by atoms with Crippen LogP contribution < -0.4 is 5.32 Å². The number of nitrogens with one attached hydrogen (secondary N) is 1. The van der Waals surface area contributed by atoms with E-state index in [0.29, 0.717) is 17.5 Å². The van der Waals surface area contributed by atoms with Crippen molar-refractivity contribution < 1.29 is 9.18 Å². The molecule has 2 amide bonds. The van der Waals surface area contributed by atoms with Crippen LogP contribution in [-0.2, 0) is 6.54 Å². The van der Waals surface area contributed by atoms with Crippen LogP contribution in [0.3, 0.4) is 0 Å². The van der Waals surface area contributed by atoms with E-state index in [-0.39, 0.29) is 18.4 Å². The second-order valence-corrected chi connectivity index (χ2v) is 6.90. The molecule has 1 saturated carbocycles. The fourth-order valence-corrected chi connectivity index (χ4v) is 3.12. The van der Waals surface area contributed by atoms with E-state index in [0.717, 1.165) is 26.2 Å². The van der Waals surface area contributed by atoms with Gasteiger partial charge in [-0.25, -0.2) is 9.18 Å². The lowest BCUT2D eigenvalue weighted by atomic mass is 10.1. The summed E-state index contributed by atoms with van der Waals surface area (Å²) in [4.78, 5) is 16.4. The molecule has 1 saturated heterocycles. The van der Waals surface area contributed by atoms with Gasteiger partial charge in [0.05, 0.1) is 0 Å². The molecule has 0 bridgehead atoms. The SMILES string of the molecule is CC(C)N1CCN(C(=O)NCc2cc(C3CC3)ccc2F)CC1. The van der Waals surface area contributed by atoms with Crippen molar-refractivity contribution in [3.05, 3.63) is 35.1 Å². The van der Waals surface area contributed by atoms with Gasteiger partial charge in [0, 0.05) is 44.3 Å². The van der Waals surface area contributed by atoms with Crippen molar-refractivity contribution in [2.24, 2.45) is 0 Å². The van der Waals surface area contributed by atoms with Crippen molar-refractivity contribution in [1.29, 1.82) is 0 Å². The minimum absolute atomic E-state index is 0.0929. The van der Waals surface area contributed by atoms with Gasteiger partial charge in [-0.15, -0.1) is 0 Å². The third-order valence-corrected chi connectivity index (χ3v) is 4.88. The topological polar surface area (TPSA) is 35.6 Å². The van der Waals surface area contributed by atoms with Crippen LogP contribution in [0.5, 0.6) is 0 Å². The third-order valence-electron chi connectivity index (χ3n) is 4.88. The molecule has 0 spiro atoms. The van der Waals surface area contributed by atoms with Crippen LogP contribution in [0, 0.1) is 5.82 Å². The maximum atomic E-state index is 13.9. The molecule has 2 fully saturated rings. The van der Waals surface area contributed by atoms with Crippen LogP contribution in [0.4, 0.5) is 9.18 Å². The number of rotatable bonds is 4. The van der Waals surface area contributed by atoms with E-state index in [1.165, 1.54) is 24.5 Å². The zero-order valence-corrected chi connectivity index (χ0v) is 14.0. The van der Waals surface area contributed by atoms with E-state index in [9.17, 15) is 9.18 Å². The molecule has 1 aliphatic heterocycles.